The summed E-state index contributed by atoms with van der Waals surface area (Å²) in [5.74, 6) is 1.58. The zero-order valence-electron chi connectivity index (χ0n) is 15.2. The van der Waals surface area contributed by atoms with Gasteiger partial charge in [0.05, 0.1) is 13.5 Å². The van der Waals surface area contributed by atoms with E-state index in [-0.39, 0.29) is 17.9 Å². The second-order valence-corrected chi connectivity index (χ2v) is 6.16. The fourth-order valence-electron chi connectivity index (χ4n) is 2.98. The van der Waals surface area contributed by atoms with Crippen molar-refractivity contribution < 1.29 is 9.53 Å². The Hall–Kier alpha value is -2.97. The lowest BCUT2D eigenvalue weighted by molar-refractivity contribution is -0.130. The number of hydrogen-bond acceptors (Lipinski definition) is 7. The second-order valence-electron chi connectivity index (χ2n) is 6.16. The maximum absolute atomic E-state index is 12.6. The van der Waals surface area contributed by atoms with Crippen LogP contribution in [0.25, 0.3) is 0 Å². The predicted molar refractivity (Wildman–Crippen MR) is 95.4 cm³/mol. The van der Waals surface area contributed by atoms with Gasteiger partial charge in [0, 0.05) is 49.7 Å². The quantitative estimate of drug-likeness (QED) is 0.825. The Labute approximate surface area is 151 Å². The molecule has 2 aromatic heterocycles. The number of aromatic amines is 1. The van der Waals surface area contributed by atoms with E-state index in [9.17, 15) is 9.59 Å². The van der Waals surface area contributed by atoms with Crippen LogP contribution in [0.1, 0.15) is 17.1 Å². The van der Waals surface area contributed by atoms with Crippen molar-refractivity contribution in [3.05, 3.63) is 39.7 Å². The third-order valence-corrected chi connectivity index (χ3v) is 4.41. The number of methoxy groups -OCH3 is 1. The summed E-state index contributed by atoms with van der Waals surface area (Å²) >= 11 is 0. The second kappa shape index (κ2) is 7.51. The van der Waals surface area contributed by atoms with Gasteiger partial charge in [0.1, 0.15) is 5.82 Å². The molecule has 0 unspecified atom stereocenters. The first-order valence-corrected chi connectivity index (χ1v) is 8.44. The Bertz CT molecular complexity index is 858. The lowest BCUT2D eigenvalue weighted by Crippen LogP contribution is -2.50. The molecule has 0 aliphatic carbocycles. The van der Waals surface area contributed by atoms with Gasteiger partial charge in [-0.1, -0.05) is 0 Å². The topological polar surface area (TPSA) is 104 Å². The summed E-state index contributed by atoms with van der Waals surface area (Å²) < 4.78 is 5.12. The first-order valence-electron chi connectivity index (χ1n) is 8.44. The highest BCUT2D eigenvalue weighted by atomic mass is 16.5. The number of amides is 1. The SMILES string of the molecule is COc1ccnc(N2CCN(C(=O)Cc3c(C)nc(C)[nH]c3=O)CC2)n1. The van der Waals surface area contributed by atoms with Crippen molar-refractivity contribution in [1.29, 1.82) is 0 Å². The van der Waals surface area contributed by atoms with Crippen molar-refractivity contribution in [1.82, 2.24) is 24.8 Å². The molecule has 1 fully saturated rings. The van der Waals surface area contributed by atoms with Crippen LogP contribution in [0.2, 0.25) is 0 Å². The fourth-order valence-corrected chi connectivity index (χ4v) is 2.98. The fraction of sp³-hybridized carbons (Fsp3) is 0.471. The van der Waals surface area contributed by atoms with E-state index in [2.05, 4.69) is 19.9 Å². The standard InChI is InChI=1S/C17H22N6O3/c1-11-13(16(25)20-12(2)19-11)10-15(24)22-6-8-23(9-7-22)17-18-5-4-14(21-17)26-3/h4-5H,6-10H2,1-3H3,(H,19,20,25). The van der Waals surface area contributed by atoms with Crippen LogP contribution in [0, 0.1) is 13.8 Å². The van der Waals surface area contributed by atoms with Crippen LogP contribution in [0.3, 0.4) is 0 Å². The zero-order chi connectivity index (χ0) is 18.7. The number of ether oxygens (including phenoxy) is 1. The number of carbonyl (C=O) groups excluding carboxylic acids is 1. The third-order valence-electron chi connectivity index (χ3n) is 4.41. The molecule has 1 saturated heterocycles. The van der Waals surface area contributed by atoms with E-state index in [1.165, 1.54) is 0 Å². The molecule has 0 atom stereocenters. The molecular weight excluding hydrogens is 336 g/mol. The van der Waals surface area contributed by atoms with Crippen LogP contribution in [-0.4, -0.2) is 64.0 Å². The van der Waals surface area contributed by atoms with E-state index >= 15 is 0 Å². The summed E-state index contributed by atoms with van der Waals surface area (Å²) in [7, 11) is 1.56. The number of nitrogens with one attached hydrogen (secondary N) is 1. The van der Waals surface area contributed by atoms with Crippen LogP contribution >= 0.6 is 0 Å². The number of aromatic nitrogens is 4. The summed E-state index contributed by atoms with van der Waals surface area (Å²) in [6, 6.07) is 1.69. The highest BCUT2D eigenvalue weighted by Crippen LogP contribution is 2.15. The number of H-pyrrole nitrogens is 1. The number of anilines is 1. The number of piperazine rings is 1. The van der Waals surface area contributed by atoms with Crippen molar-refractivity contribution in [2.24, 2.45) is 0 Å². The minimum absolute atomic E-state index is 0.0596. The Morgan fingerprint density at radius 1 is 1.23 bits per heavy atom. The van der Waals surface area contributed by atoms with Crippen molar-refractivity contribution in [2.45, 2.75) is 20.3 Å². The molecule has 138 valence electrons. The van der Waals surface area contributed by atoms with Gasteiger partial charge in [-0.05, 0) is 13.8 Å². The van der Waals surface area contributed by atoms with Gasteiger partial charge in [-0.2, -0.15) is 4.98 Å². The summed E-state index contributed by atoms with van der Waals surface area (Å²) in [6.07, 6.45) is 1.71. The van der Waals surface area contributed by atoms with E-state index in [0.717, 1.165) is 0 Å². The van der Waals surface area contributed by atoms with Gasteiger partial charge in [-0.15, -0.1) is 0 Å². The van der Waals surface area contributed by atoms with Crippen molar-refractivity contribution >= 4 is 11.9 Å². The normalized spacial score (nSPS) is 14.4. The molecule has 1 N–H and O–H groups in total. The molecule has 1 aliphatic rings. The Morgan fingerprint density at radius 3 is 2.62 bits per heavy atom. The van der Waals surface area contributed by atoms with E-state index in [1.807, 2.05) is 4.90 Å². The molecule has 2 aromatic rings. The first-order chi connectivity index (χ1) is 12.5. The molecule has 26 heavy (non-hydrogen) atoms. The molecule has 3 rings (SSSR count). The van der Waals surface area contributed by atoms with Crippen molar-refractivity contribution in [2.75, 3.05) is 38.2 Å². The molecule has 0 saturated carbocycles. The predicted octanol–water partition coefficient (Wildman–Crippen LogP) is 0.0766. The van der Waals surface area contributed by atoms with Crippen LogP contribution in [0.4, 0.5) is 5.95 Å². The summed E-state index contributed by atoms with van der Waals surface area (Å²) in [4.78, 5) is 43.9. The molecule has 1 aliphatic heterocycles. The molecule has 0 bridgehead atoms. The van der Waals surface area contributed by atoms with E-state index in [4.69, 9.17) is 4.74 Å². The average Bonchev–Trinajstić information content (AvgIpc) is 2.64. The molecule has 0 radical (unpaired) electrons. The lowest BCUT2D eigenvalue weighted by Gasteiger charge is -2.34. The summed E-state index contributed by atoms with van der Waals surface area (Å²) in [5.41, 5.74) is 0.786. The molecular formula is C17H22N6O3. The monoisotopic (exact) mass is 358 g/mol. The van der Waals surface area contributed by atoms with Crippen molar-refractivity contribution in [3.8, 4) is 5.88 Å². The Kier molecular flexibility index (Phi) is 5.15. The highest BCUT2D eigenvalue weighted by molar-refractivity contribution is 5.79. The molecule has 0 spiro atoms. The lowest BCUT2D eigenvalue weighted by atomic mass is 10.1. The molecule has 0 aromatic carbocycles. The van der Waals surface area contributed by atoms with Crippen LogP contribution in [-0.2, 0) is 11.2 Å². The molecule has 1 amide bonds. The van der Waals surface area contributed by atoms with Gasteiger partial charge in [0.25, 0.3) is 5.56 Å². The first kappa shape index (κ1) is 17.8. The van der Waals surface area contributed by atoms with Gasteiger partial charge in [0.15, 0.2) is 0 Å². The van der Waals surface area contributed by atoms with Gasteiger partial charge in [-0.25, -0.2) is 9.97 Å². The number of carbonyl (C=O) groups is 1. The summed E-state index contributed by atoms with van der Waals surface area (Å²) in [5, 5.41) is 0. The maximum atomic E-state index is 12.6. The summed E-state index contributed by atoms with van der Waals surface area (Å²) in [6.45, 7) is 5.83. The van der Waals surface area contributed by atoms with Gasteiger partial charge < -0.3 is 19.5 Å². The number of rotatable bonds is 4. The number of hydrogen-bond donors (Lipinski definition) is 1. The average molecular weight is 358 g/mol. The number of nitrogens with zero attached hydrogens (tertiary/aromatic N) is 5. The van der Waals surface area contributed by atoms with Crippen LogP contribution < -0.4 is 15.2 Å². The number of aryl methyl sites for hydroxylation is 2. The van der Waals surface area contributed by atoms with Crippen molar-refractivity contribution in [3.63, 3.8) is 0 Å². The molecule has 9 heteroatoms. The van der Waals surface area contributed by atoms with E-state index in [0.29, 0.717) is 55.1 Å². The minimum atomic E-state index is -0.244. The smallest absolute Gasteiger partial charge is 0.254 e. The van der Waals surface area contributed by atoms with Crippen LogP contribution in [0.5, 0.6) is 5.88 Å². The minimum Gasteiger partial charge on any atom is -0.481 e. The Balaban J connectivity index is 1.63. The zero-order valence-corrected chi connectivity index (χ0v) is 15.2. The van der Waals surface area contributed by atoms with E-state index in [1.54, 1.807) is 38.1 Å². The maximum Gasteiger partial charge on any atom is 0.254 e. The highest BCUT2D eigenvalue weighted by Gasteiger charge is 2.24. The van der Waals surface area contributed by atoms with Gasteiger partial charge >= 0.3 is 0 Å². The van der Waals surface area contributed by atoms with Gasteiger partial charge in [0.2, 0.25) is 17.7 Å². The van der Waals surface area contributed by atoms with Crippen LogP contribution in [0.15, 0.2) is 17.1 Å². The Morgan fingerprint density at radius 2 is 1.96 bits per heavy atom. The van der Waals surface area contributed by atoms with Gasteiger partial charge in [-0.3, -0.25) is 9.59 Å². The largest absolute Gasteiger partial charge is 0.481 e. The molecule has 3 heterocycles. The molecule has 9 nitrogen and oxygen atoms in total. The van der Waals surface area contributed by atoms with E-state index < -0.39 is 0 Å². The third kappa shape index (κ3) is 3.81.